The molecule has 0 spiro atoms. The predicted octanol–water partition coefficient (Wildman–Crippen LogP) is 0.959. The second-order valence-electron chi connectivity index (χ2n) is 6.93. The quantitative estimate of drug-likeness (QED) is 0.675. The molecule has 0 saturated heterocycles. The van der Waals surface area contributed by atoms with Crippen LogP contribution in [0.4, 0.5) is 0 Å². The number of amides is 1. The Morgan fingerprint density at radius 2 is 1.96 bits per heavy atom. The van der Waals surface area contributed by atoms with Crippen molar-refractivity contribution in [2.45, 2.75) is 58.5 Å². The van der Waals surface area contributed by atoms with Gasteiger partial charge in [0, 0.05) is 12.5 Å². The summed E-state index contributed by atoms with van der Waals surface area (Å²) in [5.74, 6) is -1.64. The maximum absolute atomic E-state index is 12.7. The third kappa shape index (κ3) is 5.01. The van der Waals surface area contributed by atoms with Gasteiger partial charge in [-0.05, 0) is 25.8 Å². The predicted molar refractivity (Wildman–Crippen MR) is 92.4 cm³/mol. The van der Waals surface area contributed by atoms with Crippen molar-refractivity contribution in [1.29, 1.82) is 0 Å². The van der Waals surface area contributed by atoms with Crippen LogP contribution in [0.2, 0.25) is 0 Å². The third-order valence-electron chi connectivity index (χ3n) is 4.61. The maximum Gasteiger partial charge on any atom is 0.437 e. The van der Waals surface area contributed by atoms with Gasteiger partial charge < -0.3 is 15.1 Å². The molecule has 25 heavy (non-hydrogen) atoms. The standard InChI is InChI=1S/C17H28N4O4/c1-11(2)13(19-15(23)12-7-5-4-6-8-12)14(22)16-20-21(10-9-18-3)17(24)25-16/h11-13,18H,4-10H2,1-3H3,(H,19,23)/t13-/m0/s1. The number of rotatable bonds is 8. The molecule has 0 unspecified atom stereocenters. The van der Waals surface area contributed by atoms with E-state index < -0.39 is 17.6 Å². The maximum atomic E-state index is 12.7. The van der Waals surface area contributed by atoms with Gasteiger partial charge in [-0.25, -0.2) is 4.79 Å². The van der Waals surface area contributed by atoms with E-state index in [-0.39, 0.29) is 23.6 Å². The van der Waals surface area contributed by atoms with E-state index in [9.17, 15) is 14.4 Å². The average molecular weight is 352 g/mol. The molecule has 2 rings (SSSR count). The van der Waals surface area contributed by atoms with Crippen LogP contribution in [0.15, 0.2) is 9.21 Å². The molecule has 140 valence electrons. The summed E-state index contributed by atoms with van der Waals surface area (Å²) in [7, 11) is 1.76. The monoisotopic (exact) mass is 352 g/mol. The molecule has 1 heterocycles. The Balaban J connectivity index is 2.09. The summed E-state index contributed by atoms with van der Waals surface area (Å²) < 4.78 is 6.11. The van der Waals surface area contributed by atoms with Crippen LogP contribution in [0, 0.1) is 11.8 Å². The van der Waals surface area contributed by atoms with Crippen LogP contribution < -0.4 is 16.4 Å². The lowest BCUT2D eigenvalue weighted by molar-refractivity contribution is -0.126. The van der Waals surface area contributed by atoms with Crippen molar-refractivity contribution >= 4 is 11.7 Å². The fraction of sp³-hybridized carbons (Fsp3) is 0.765. The molecule has 1 amide bonds. The molecule has 0 aliphatic heterocycles. The minimum absolute atomic E-state index is 0.0389. The number of carbonyl (C=O) groups excluding carboxylic acids is 2. The van der Waals surface area contributed by atoms with Crippen LogP contribution >= 0.6 is 0 Å². The first kappa shape index (κ1) is 19.4. The highest BCUT2D eigenvalue weighted by Gasteiger charge is 2.32. The van der Waals surface area contributed by atoms with Gasteiger partial charge in [0.05, 0.1) is 12.6 Å². The molecule has 1 aromatic rings. The lowest BCUT2D eigenvalue weighted by Crippen LogP contribution is -2.47. The Kier molecular flexibility index (Phi) is 6.92. The largest absolute Gasteiger partial charge is 0.437 e. The fourth-order valence-corrected chi connectivity index (χ4v) is 3.07. The van der Waals surface area contributed by atoms with Gasteiger partial charge in [-0.2, -0.15) is 4.68 Å². The van der Waals surface area contributed by atoms with Crippen LogP contribution in [0.25, 0.3) is 0 Å². The number of nitrogens with one attached hydrogen (secondary N) is 2. The SMILES string of the molecule is CNCCn1nc(C(=O)[C@@H](NC(=O)C2CCCCC2)C(C)C)oc1=O. The molecule has 8 heteroatoms. The lowest BCUT2D eigenvalue weighted by atomic mass is 9.88. The highest BCUT2D eigenvalue weighted by atomic mass is 16.4. The normalized spacial score (nSPS) is 16.8. The minimum Gasteiger partial charge on any atom is -0.384 e. The Morgan fingerprint density at radius 3 is 2.56 bits per heavy atom. The zero-order valence-corrected chi connectivity index (χ0v) is 15.2. The van der Waals surface area contributed by atoms with Gasteiger partial charge in [-0.1, -0.05) is 33.1 Å². The summed E-state index contributed by atoms with van der Waals surface area (Å²) in [5, 5.41) is 9.71. The Bertz CT molecular complexity index is 643. The van der Waals surface area contributed by atoms with Gasteiger partial charge in [0.25, 0.3) is 5.89 Å². The van der Waals surface area contributed by atoms with E-state index in [0.29, 0.717) is 13.1 Å². The molecule has 1 saturated carbocycles. The zero-order valence-electron chi connectivity index (χ0n) is 15.2. The summed E-state index contributed by atoms with van der Waals surface area (Å²) in [4.78, 5) is 37.0. The number of likely N-dealkylation sites (N-methyl/N-ethyl adjacent to an activating group) is 1. The lowest BCUT2D eigenvalue weighted by Gasteiger charge is -2.25. The van der Waals surface area contributed by atoms with E-state index in [1.807, 2.05) is 13.8 Å². The van der Waals surface area contributed by atoms with Crippen LogP contribution in [0.1, 0.15) is 56.6 Å². The third-order valence-corrected chi connectivity index (χ3v) is 4.61. The zero-order chi connectivity index (χ0) is 18.4. The summed E-state index contributed by atoms with van der Waals surface area (Å²) in [6.45, 7) is 4.54. The first-order valence-corrected chi connectivity index (χ1v) is 9.01. The Hall–Kier alpha value is -1.96. The molecule has 0 aromatic carbocycles. The van der Waals surface area contributed by atoms with Crippen LogP contribution in [-0.4, -0.2) is 41.1 Å². The highest BCUT2D eigenvalue weighted by Crippen LogP contribution is 2.24. The average Bonchev–Trinajstić information content (AvgIpc) is 2.98. The van der Waals surface area contributed by atoms with Gasteiger partial charge in [0.1, 0.15) is 0 Å². The molecule has 1 atom stereocenters. The second-order valence-corrected chi connectivity index (χ2v) is 6.93. The van der Waals surface area contributed by atoms with Crippen LogP contribution in [0.3, 0.4) is 0 Å². The molecule has 0 bridgehead atoms. The van der Waals surface area contributed by atoms with E-state index in [1.165, 1.54) is 0 Å². The summed E-state index contributed by atoms with van der Waals surface area (Å²) >= 11 is 0. The number of ketones is 1. The van der Waals surface area contributed by atoms with Gasteiger partial charge in [-0.15, -0.1) is 5.10 Å². The van der Waals surface area contributed by atoms with E-state index in [4.69, 9.17) is 4.42 Å². The number of aromatic nitrogens is 2. The molecule has 1 fully saturated rings. The molecule has 2 N–H and O–H groups in total. The molecule has 1 aliphatic rings. The first-order valence-electron chi connectivity index (χ1n) is 9.01. The van der Waals surface area contributed by atoms with Gasteiger partial charge >= 0.3 is 5.76 Å². The molecule has 0 radical (unpaired) electrons. The van der Waals surface area contributed by atoms with E-state index in [0.717, 1.165) is 36.8 Å². The minimum atomic E-state index is -0.745. The molecule has 1 aliphatic carbocycles. The fourth-order valence-electron chi connectivity index (χ4n) is 3.07. The van der Waals surface area contributed by atoms with Crippen molar-refractivity contribution in [3.63, 3.8) is 0 Å². The van der Waals surface area contributed by atoms with Crippen LogP contribution in [-0.2, 0) is 11.3 Å². The first-order chi connectivity index (χ1) is 11.9. The van der Waals surface area contributed by atoms with Crippen molar-refractivity contribution in [2.75, 3.05) is 13.6 Å². The molecular weight excluding hydrogens is 324 g/mol. The molecule has 8 nitrogen and oxygen atoms in total. The number of nitrogens with zero attached hydrogens (tertiary/aromatic N) is 2. The number of hydrogen-bond donors (Lipinski definition) is 2. The van der Waals surface area contributed by atoms with E-state index in [1.54, 1.807) is 7.05 Å². The van der Waals surface area contributed by atoms with Crippen molar-refractivity contribution in [2.24, 2.45) is 11.8 Å². The van der Waals surface area contributed by atoms with E-state index in [2.05, 4.69) is 15.7 Å². The van der Waals surface area contributed by atoms with Crippen LogP contribution in [0.5, 0.6) is 0 Å². The Labute approximate surface area is 147 Å². The number of carbonyl (C=O) groups is 2. The van der Waals surface area contributed by atoms with E-state index >= 15 is 0 Å². The molecule has 1 aromatic heterocycles. The van der Waals surface area contributed by atoms with Crippen molar-refractivity contribution in [3.8, 4) is 0 Å². The highest BCUT2D eigenvalue weighted by molar-refractivity contribution is 5.98. The van der Waals surface area contributed by atoms with Gasteiger partial charge in [-0.3, -0.25) is 9.59 Å². The Morgan fingerprint density at radius 1 is 1.28 bits per heavy atom. The van der Waals surface area contributed by atoms with Gasteiger partial charge in [0.2, 0.25) is 11.7 Å². The van der Waals surface area contributed by atoms with Crippen molar-refractivity contribution < 1.29 is 14.0 Å². The molecular formula is C17H28N4O4. The topological polar surface area (TPSA) is 106 Å². The number of hydrogen-bond acceptors (Lipinski definition) is 6. The summed E-state index contributed by atoms with van der Waals surface area (Å²) in [5.41, 5.74) is 0. The van der Waals surface area contributed by atoms with Gasteiger partial charge in [0.15, 0.2) is 0 Å². The summed E-state index contributed by atoms with van der Waals surface area (Å²) in [6.07, 6.45) is 4.97. The van der Waals surface area contributed by atoms with Crippen molar-refractivity contribution in [1.82, 2.24) is 20.4 Å². The number of Topliss-reactive ketones (excluding diaryl/α,β-unsaturated/α-hetero) is 1. The second kappa shape index (κ2) is 8.94. The summed E-state index contributed by atoms with van der Waals surface area (Å²) in [6, 6.07) is -0.745. The smallest absolute Gasteiger partial charge is 0.384 e. The van der Waals surface area contributed by atoms with Crippen molar-refractivity contribution in [3.05, 3.63) is 16.4 Å².